The number of benzene rings is 3. The van der Waals surface area contributed by atoms with Crippen molar-refractivity contribution in [3.8, 4) is 0 Å². The Kier molecular flexibility index (Phi) is 5.14. The summed E-state index contributed by atoms with van der Waals surface area (Å²) in [6, 6.07) is 21.6. The molecule has 3 rings (SSSR count). The molecule has 0 unspecified atom stereocenters. The molecule has 0 heterocycles. The molecule has 0 aliphatic rings. The molecule has 3 aromatic rings. The lowest BCUT2D eigenvalue weighted by molar-refractivity contribution is 0.0984. The third kappa shape index (κ3) is 3.88. The van der Waals surface area contributed by atoms with E-state index in [2.05, 4.69) is 15.9 Å². The lowest BCUT2D eigenvalue weighted by Gasteiger charge is -2.24. The third-order valence-electron chi connectivity index (χ3n) is 3.81. The summed E-state index contributed by atoms with van der Waals surface area (Å²) >= 11 is 3.27. The molecule has 0 atom stereocenters. The first-order valence-electron chi connectivity index (χ1n) is 7.71. The molecule has 126 valence electrons. The van der Waals surface area contributed by atoms with Crippen LogP contribution in [-0.4, -0.2) is 5.91 Å². The smallest absolute Gasteiger partial charge is 0.259 e. The Hall–Kier alpha value is -2.66. The fraction of sp³-hybridized carbons (Fsp3) is 0.0500. The second-order valence-corrected chi connectivity index (χ2v) is 6.42. The lowest BCUT2D eigenvalue weighted by atomic mass is 10.1. The van der Waals surface area contributed by atoms with Gasteiger partial charge >= 0.3 is 0 Å². The summed E-state index contributed by atoms with van der Waals surface area (Å²) in [7, 11) is 0. The minimum atomic E-state index is -0.558. The normalized spacial score (nSPS) is 10.5. The van der Waals surface area contributed by atoms with Gasteiger partial charge in [0.1, 0.15) is 5.82 Å². The van der Waals surface area contributed by atoms with Gasteiger partial charge in [-0.15, -0.1) is 0 Å². The molecule has 0 saturated carbocycles. The van der Waals surface area contributed by atoms with Crippen LogP contribution in [-0.2, 0) is 6.54 Å². The van der Waals surface area contributed by atoms with Crippen LogP contribution in [0.4, 0.5) is 15.8 Å². The maximum atomic E-state index is 13.6. The molecule has 0 spiro atoms. The predicted molar refractivity (Wildman–Crippen MR) is 102 cm³/mol. The number of rotatable bonds is 4. The van der Waals surface area contributed by atoms with E-state index in [0.717, 1.165) is 11.3 Å². The molecule has 0 bridgehead atoms. The average molecular weight is 399 g/mol. The van der Waals surface area contributed by atoms with Gasteiger partial charge in [-0.2, -0.15) is 0 Å². The van der Waals surface area contributed by atoms with Gasteiger partial charge in [-0.3, -0.25) is 4.79 Å². The van der Waals surface area contributed by atoms with Crippen molar-refractivity contribution in [3.63, 3.8) is 0 Å². The third-order valence-corrected chi connectivity index (χ3v) is 4.47. The lowest BCUT2D eigenvalue weighted by Crippen LogP contribution is -2.30. The SMILES string of the molecule is Nc1cc(C(=O)N(Cc2ccccc2)c2ccccc2)c(Br)cc1F. The Balaban J connectivity index is 2.02. The van der Waals surface area contributed by atoms with E-state index >= 15 is 0 Å². The zero-order chi connectivity index (χ0) is 17.8. The van der Waals surface area contributed by atoms with Crippen LogP contribution in [0, 0.1) is 5.82 Å². The predicted octanol–water partition coefficient (Wildman–Crippen LogP) is 5.02. The highest BCUT2D eigenvalue weighted by atomic mass is 79.9. The van der Waals surface area contributed by atoms with Crippen molar-refractivity contribution >= 4 is 33.2 Å². The van der Waals surface area contributed by atoms with E-state index in [0.29, 0.717) is 16.6 Å². The van der Waals surface area contributed by atoms with E-state index in [-0.39, 0.29) is 11.6 Å². The molecule has 3 nitrogen and oxygen atoms in total. The van der Waals surface area contributed by atoms with Crippen LogP contribution < -0.4 is 10.6 Å². The van der Waals surface area contributed by atoms with Crippen LogP contribution in [0.2, 0.25) is 0 Å². The van der Waals surface area contributed by atoms with Crippen molar-refractivity contribution in [2.45, 2.75) is 6.54 Å². The summed E-state index contributed by atoms with van der Waals surface area (Å²) in [6.07, 6.45) is 0. The molecule has 0 saturated heterocycles. The molecule has 0 aliphatic heterocycles. The van der Waals surface area contributed by atoms with Gasteiger partial charge in [0.25, 0.3) is 5.91 Å². The van der Waals surface area contributed by atoms with E-state index in [9.17, 15) is 9.18 Å². The van der Waals surface area contributed by atoms with E-state index < -0.39 is 5.82 Å². The highest BCUT2D eigenvalue weighted by molar-refractivity contribution is 9.10. The number of amides is 1. The van der Waals surface area contributed by atoms with Crippen LogP contribution in [0.5, 0.6) is 0 Å². The maximum Gasteiger partial charge on any atom is 0.259 e. The first-order chi connectivity index (χ1) is 12.1. The van der Waals surface area contributed by atoms with Crippen LogP contribution in [0.25, 0.3) is 0 Å². The minimum absolute atomic E-state index is 0.0562. The number of nitrogens with two attached hydrogens (primary N) is 1. The van der Waals surface area contributed by atoms with E-state index in [1.807, 2.05) is 60.7 Å². The zero-order valence-corrected chi connectivity index (χ0v) is 14.9. The van der Waals surface area contributed by atoms with Crippen LogP contribution in [0.15, 0.2) is 77.3 Å². The average Bonchev–Trinajstić information content (AvgIpc) is 2.64. The fourth-order valence-corrected chi connectivity index (χ4v) is 3.01. The van der Waals surface area contributed by atoms with Gasteiger partial charge in [-0.25, -0.2) is 4.39 Å². The molecule has 3 aromatic carbocycles. The Bertz CT molecular complexity index is 885. The zero-order valence-electron chi connectivity index (χ0n) is 13.3. The summed E-state index contributed by atoms with van der Waals surface area (Å²) in [5, 5.41) is 0. The Labute approximate surface area is 154 Å². The van der Waals surface area contributed by atoms with Gasteiger partial charge in [0, 0.05) is 10.2 Å². The largest absolute Gasteiger partial charge is 0.396 e. The minimum Gasteiger partial charge on any atom is -0.396 e. The van der Waals surface area contributed by atoms with Gasteiger partial charge in [0.05, 0.1) is 17.8 Å². The standard InChI is InChI=1S/C20H16BrFN2O/c21-17-12-18(22)19(23)11-16(17)20(25)24(15-9-5-2-6-10-15)13-14-7-3-1-4-8-14/h1-12H,13,23H2. The number of halogens is 2. The second kappa shape index (κ2) is 7.49. The Morgan fingerprint density at radius 2 is 1.60 bits per heavy atom. The summed E-state index contributed by atoms with van der Waals surface area (Å²) in [4.78, 5) is 14.8. The first-order valence-corrected chi connectivity index (χ1v) is 8.51. The second-order valence-electron chi connectivity index (χ2n) is 5.57. The highest BCUT2D eigenvalue weighted by Crippen LogP contribution is 2.27. The first kappa shape index (κ1) is 17.2. The number of carbonyl (C=O) groups is 1. The number of anilines is 2. The molecule has 2 N–H and O–H groups in total. The highest BCUT2D eigenvalue weighted by Gasteiger charge is 2.21. The summed E-state index contributed by atoms with van der Waals surface area (Å²) in [6.45, 7) is 0.396. The van der Waals surface area contributed by atoms with Crippen LogP contribution in [0.3, 0.4) is 0 Å². The summed E-state index contributed by atoms with van der Waals surface area (Å²) in [5.74, 6) is -0.814. The van der Waals surface area contributed by atoms with E-state index in [4.69, 9.17) is 5.73 Å². The number of nitrogen functional groups attached to an aromatic ring is 1. The molecular weight excluding hydrogens is 383 g/mol. The quantitative estimate of drug-likeness (QED) is 0.627. The van der Waals surface area contributed by atoms with Crippen molar-refractivity contribution in [3.05, 3.63) is 94.2 Å². The maximum absolute atomic E-state index is 13.6. The molecule has 0 radical (unpaired) electrons. The van der Waals surface area contributed by atoms with E-state index in [1.54, 1.807) is 4.90 Å². The van der Waals surface area contributed by atoms with Crippen LogP contribution >= 0.6 is 15.9 Å². The topological polar surface area (TPSA) is 46.3 Å². The van der Waals surface area contributed by atoms with Gasteiger partial charge < -0.3 is 10.6 Å². The van der Waals surface area contributed by atoms with Crippen molar-refractivity contribution in [1.29, 1.82) is 0 Å². The number of hydrogen-bond acceptors (Lipinski definition) is 2. The van der Waals surface area contributed by atoms with E-state index in [1.165, 1.54) is 12.1 Å². The Morgan fingerprint density at radius 3 is 2.24 bits per heavy atom. The van der Waals surface area contributed by atoms with Crippen LogP contribution in [0.1, 0.15) is 15.9 Å². The number of nitrogens with zero attached hydrogens (tertiary/aromatic N) is 1. The van der Waals surface area contributed by atoms with Crippen molar-refractivity contribution in [2.75, 3.05) is 10.6 Å². The molecule has 1 amide bonds. The number of hydrogen-bond donors (Lipinski definition) is 1. The molecule has 0 fully saturated rings. The summed E-state index contributed by atoms with van der Waals surface area (Å²) in [5.41, 5.74) is 7.66. The number of carbonyl (C=O) groups excluding carboxylic acids is 1. The van der Waals surface area contributed by atoms with Gasteiger partial charge in [-0.05, 0) is 45.8 Å². The number of para-hydroxylation sites is 1. The van der Waals surface area contributed by atoms with Gasteiger partial charge in [0.2, 0.25) is 0 Å². The summed E-state index contributed by atoms with van der Waals surface area (Å²) < 4.78 is 14.0. The Morgan fingerprint density at radius 1 is 1.00 bits per heavy atom. The molecule has 0 aliphatic carbocycles. The van der Waals surface area contributed by atoms with Crippen molar-refractivity contribution in [2.24, 2.45) is 0 Å². The molecule has 5 heteroatoms. The molecule has 25 heavy (non-hydrogen) atoms. The van der Waals surface area contributed by atoms with Gasteiger partial charge in [-0.1, -0.05) is 48.5 Å². The molecular formula is C20H16BrFN2O. The molecule has 0 aromatic heterocycles. The fourth-order valence-electron chi connectivity index (χ4n) is 2.53. The monoisotopic (exact) mass is 398 g/mol. The van der Waals surface area contributed by atoms with Crippen molar-refractivity contribution in [1.82, 2.24) is 0 Å². The van der Waals surface area contributed by atoms with Crippen molar-refractivity contribution < 1.29 is 9.18 Å². The van der Waals surface area contributed by atoms with Gasteiger partial charge in [0.15, 0.2) is 0 Å².